The summed E-state index contributed by atoms with van der Waals surface area (Å²) >= 11 is 5.70. The number of hydrazine groups is 1. The van der Waals surface area contributed by atoms with Crippen molar-refractivity contribution in [3.05, 3.63) is 22.8 Å². The first-order chi connectivity index (χ1) is 8.33. The van der Waals surface area contributed by atoms with E-state index >= 15 is 0 Å². The van der Waals surface area contributed by atoms with E-state index in [4.69, 9.17) is 17.4 Å². The molecule has 0 bridgehead atoms. The Balaban J connectivity index is 2.66. The van der Waals surface area contributed by atoms with Crippen LogP contribution in [0.3, 0.4) is 0 Å². The summed E-state index contributed by atoms with van der Waals surface area (Å²) in [6.45, 7) is -0.541. The number of aromatic nitrogens is 1. The van der Waals surface area contributed by atoms with Crippen LogP contribution in [0.5, 0.6) is 0 Å². The quantitative estimate of drug-likeness (QED) is 0.580. The van der Waals surface area contributed by atoms with E-state index in [1.165, 1.54) is 12.1 Å². The molecular formula is C9H10ClF3N4O. The lowest BCUT2D eigenvalue weighted by atomic mass is 10.3. The summed E-state index contributed by atoms with van der Waals surface area (Å²) in [6.07, 6.45) is -5.45. The smallest absolute Gasteiger partial charge is 0.350 e. The molecule has 4 N–H and O–H groups in total. The van der Waals surface area contributed by atoms with Gasteiger partial charge in [-0.25, -0.2) is 10.8 Å². The van der Waals surface area contributed by atoms with Gasteiger partial charge >= 0.3 is 6.18 Å². The van der Waals surface area contributed by atoms with E-state index in [0.717, 1.165) is 0 Å². The third kappa shape index (κ3) is 4.38. The van der Waals surface area contributed by atoms with Crippen LogP contribution in [0.15, 0.2) is 12.1 Å². The number of hydrogen-bond acceptors (Lipinski definition) is 4. The van der Waals surface area contributed by atoms with Gasteiger partial charge in [-0.3, -0.25) is 4.79 Å². The molecule has 0 aliphatic heterocycles. The van der Waals surface area contributed by atoms with Crippen LogP contribution in [0, 0.1) is 0 Å². The highest BCUT2D eigenvalue weighted by molar-refractivity contribution is 6.33. The molecule has 100 valence electrons. The summed E-state index contributed by atoms with van der Waals surface area (Å²) < 4.78 is 35.7. The summed E-state index contributed by atoms with van der Waals surface area (Å²) in [5, 5.41) is 2.10. The lowest BCUT2D eigenvalue weighted by molar-refractivity contribution is -0.132. The van der Waals surface area contributed by atoms with Gasteiger partial charge in [-0.2, -0.15) is 13.2 Å². The molecule has 1 amide bonds. The molecule has 18 heavy (non-hydrogen) atoms. The molecule has 0 fully saturated rings. The summed E-state index contributed by atoms with van der Waals surface area (Å²) in [5.74, 6) is 4.48. The number of carbonyl (C=O) groups is 1. The monoisotopic (exact) mass is 282 g/mol. The number of anilines is 1. The van der Waals surface area contributed by atoms with E-state index in [0.29, 0.717) is 0 Å². The Morgan fingerprint density at radius 3 is 2.67 bits per heavy atom. The van der Waals surface area contributed by atoms with Crippen LogP contribution in [-0.4, -0.2) is 23.6 Å². The lowest BCUT2D eigenvalue weighted by Crippen LogP contribution is -2.29. The van der Waals surface area contributed by atoms with Gasteiger partial charge in [0.15, 0.2) is 0 Å². The third-order valence-electron chi connectivity index (χ3n) is 1.90. The Morgan fingerprint density at radius 2 is 2.11 bits per heavy atom. The summed E-state index contributed by atoms with van der Waals surface area (Å²) in [4.78, 5) is 15.3. The van der Waals surface area contributed by atoms with Crippen LogP contribution >= 0.6 is 11.6 Å². The van der Waals surface area contributed by atoms with E-state index in [1.807, 2.05) is 0 Å². The average molecular weight is 283 g/mol. The number of nitrogen functional groups attached to an aromatic ring is 1. The Hall–Kier alpha value is -1.54. The Morgan fingerprint density at radius 1 is 1.44 bits per heavy atom. The standard InChI is InChI=1S/C9H10ClF3N4O/c10-5-1-2-6(17-14)16-7(5)8(18)15-4-3-9(11,12)13/h1-2H,3-4,14H2,(H,15,18)(H,16,17). The summed E-state index contributed by atoms with van der Waals surface area (Å²) in [7, 11) is 0. The van der Waals surface area contributed by atoms with Gasteiger partial charge in [-0.05, 0) is 12.1 Å². The van der Waals surface area contributed by atoms with Gasteiger partial charge in [-0.1, -0.05) is 11.6 Å². The molecule has 0 aliphatic carbocycles. The van der Waals surface area contributed by atoms with Gasteiger partial charge < -0.3 is 10.7 Å². The minimum absolute atomic E-state index is 0.0264. The van der Waals surface area contributed by atoms with Crippen LogP contribution in [0.2, 0.25) is 5.02 Å². The molecule has 1 aromatic heterocycles. The van der Waals surface area contributed by atoms with Crippen LogP contribution in [0.25, 0.3) is 0 Å². The van der Waals surface area contributed by atoms with Gasteiger partial charge in [-0.15, -0.1) is 0 Å². The van der Waals surface area contributed by atoms with Gasteiger partial charge in [0.2, 0.25) is 0 Å². The molecule has 0 unspecified atom stereocenters. The molecule has 0 spiro atoms. The predicted molar refractivity (Wildman–Crippen MR) is 60.1 cm³/mol. The number of nitrogens with two attached hydrogens (primary N) is 1. The first-order valence-corrected chi connectivity index (χ1v) is 5.19. The van der Waals surface area contributed by atoms with Crippen molar-refractivity contribution in [3.8, 4) is 0 Å². The predicted octanol–water partition coefficient (Wildman–Crippen LogP) is 1.70. The second-order valence-corrected chi connectivity index (χ2v) is 3.70. The summed E-state index contributed by atoms with van der Waals surface area (Å²) in [6, 6.07) is 2.79. The van der Waals surface area contributed by atoms with Crippen LogP contribution in [-0.2, 0) is 0 Å². The highest BCUT2D eigenvalue weighted by atomic mass is 35.5. The van der Waals surface area contributed by atoms with Crippen LogP contribution in [0.4, 0.5) is 19.0 Å². The number of nitrogens with one attached hydrogen (secondary N) is 2. The first-order valence-electron chi connectivity index (χ1n) is 4.81. The second-order valence-electron chi connectivity index (χ2n) is 3.29. The van der Waals surface area contributed by atoms with Gasteiger partial charge in [0, 0.05) is 6.54 Å². The minimum atomic E-state index is -4.33. The fourth-order valence-corrected chi connectivity index (χ4v) is 1.27. The van der Waals surface area contributed by atoms with Crippen LogP contribution in [0.1, 0.15) is 16.9 Å². The zero-order valence-electron chi connectivity index (χ0n) is 9.01. The number of rotatable bonds is 4. The maximum absolute atomic E-state index is 11.9. The van der Waals surface area contributed by atoms with Gasteiger partial charge in [0.05, 0.1) is 11.4 Å². The number of nitrogens with zero attached hydrogens (tertiary/aromatic N) is 1. The fraction of sp³-hybridized carbons (Fsp3) is 0.333. The summed E-state index contributed by atoms with van der Waals surface area (Å²) in [5.41, 5.74) is 2.01. The number of carbonyl (C=O) groups excluding carboxylic acids is 1. The molecule has 1 aromatic rings. The highest BCUT2D eigenvalue weighted by Gasteiger charge is 2.26. The molecule has 0 atom stereocenters. The number of alkyl halides is 3. The topological polar surface area (TPSA) is 80.0 Å². The Labute approximate surface area is 105 Å². The van der Waals surface area contributed by atoms with Crippen molar-refractivity contribution in [1.82, 2.24) is 10.3 Å². The van der Waals surface area contributed by atoms with Crippen LogP contribution < -0.4 is 16.6 Å². The van der Waals surface area contributed by atoms with Crippen molar-refractivity contribution in [3.63, 3.8) is 0 Å². The maximum atomic E-state index is 11.9. The van der Waals surface area contributed by atoms with Crippen molar-refractivity contribution in [1.29, 1.82) is 0 Å². The fourth-order valence-electron chi connectivity index (χ4n) is 1.08. The largest absolute Gasteiger partial charge is 0.390 e. The minimum Gasteiger partial charge on any atom is -0.350 e. The molecule has 0 radical (unpaired) electrons. The zero-order valence-corrected chi connectivity index (χ0v) is 9.77. The molecule has 1 heterocycles. The molecule has 0 aromatic carbocycles. The maximum Gasteiger partial charge on any atom is 0.390 e. The average Bonchev–Trinajstić information content (AvgIpc) is 2.27. The van der Waals surface area contributed by atoms with E-state index < -0.39 is 25.0 Å². The Kier molecular flexibility index (Phi) is 4.74. The molecule has 9 heteroatoms. The van der Waals surface area contributed by atoms with Gasteiger partial charge in [0.25, 0.3) is 5.91 Å². The number of hydrogen-bond donors (Lipinski definition) is 3. The Bertz CT molecular complexity index is 438. The van der Waals surface area contributed by atoms with Crippen molar-refractivity contribution >= 4 is 23.3 Å². The number of pyridine rings is 1. The van der Waals surface area contributed by atoms with E-state index in [2.05, 4.69) is 15.7 Å². The second kappa shape index (κ2) is 5.87. The number of amides is 1. The molecular weight excluding hydrogens is 273 g/mol. The van der Waals surface area contributed by atoms with E-state index in [-0.39, 0.29) is 16.5 Å². The molecule has 0 saturated heterocycles. The number of halogens is 4. The van der Waals surface area contributed by atoms with E-state index in [9.17, 15) is 18.0 Å². The van der Waals surface area contributed by atoms with Crippen molar-refractivity contribution in [2.24, 2.45) is 5.84 Å². The first kappa shape index (κ1) is 14.5. The molecule has 0 aliphatic rings. The van der Waals surface area contributed by atoms with Crippen molar-refractivity contribution in [2.45, 2.75) is 12.6 Å². The zero-order chi connectivity index (χ0) is 13.8. The van der Waals surface area contributed by atoms with Crippen molar-refractivity contribution in [2.75, 3.05) is 12.0 Å². The molecule has 5 nitrogen and oxygen atoms in total. The third-order valence-corrected chi connectivity index (χ3v) is 2.21. The van der Waals surface area contributed by atoms with Gasteiger partial charge in [0.1, 0.15) is 11.5 Å². The van der Waals surface area contributed by atoms with Crippen molar-refractivity contribution < 1.29 is 18.0 Å². The normalized spacial score (nSPS) is 11.2. The highest BCUT2D eigenvalue weighted by Crippen LogP contribution is 2.19. The van der Waals surface area contributed by atoms with E-state index in [1.54, 1.807) is 0 Å². The molecule has 0 saturated carbocycles. The lowest BCUT2D eigenvalue weighted by Gasteiger charge is -2.09. The molecule has 1 rings (SSSR count). The SMILES string of the molecule is NNc1ccc(Cl)c(C(=O)NCCC(F)(F)F)n1.